The summed E-state index contributed by atoms with van der Waals surface area (Å²) in [5.74, 6) is -0.565. The summed E-state index contributed by atoms with van der Waals surface area (Å²) >= 11 is 1.25. The van der Waals surface area contributed by atoms with Gasteiger partial charge in [0.05, 0.1) is 15.1 Å². The van der Waals surface area contributed by atoms with Crippen LogP contribution in [0.3, 0.4) is 0 Å². The van der Waals surface area contributed by atoms with Gasteiger partial charge in [-0.05, 0) is 43.7 Å². The van der Waals surface area contributed by atoms with E-state index < -0.39 is 10.8 Å². The molecule has 1 atom stereocenters. The molecule has 0 saturated heterocycles. The summed E-state index contributed by atoms with van der Waals surface area (Å²) in [6.45, 7) is 3.94. The predicted molar refractivity (Wildman–Crippen MR) is 108 cm³/mol. The fourth-order valence-electron chi connectivity index (χ4n) is 2.43. The van der Waals surface area contributed by atoms with Crippen molar-refractivity contribution in [3.05, 3.63) is 63.7 Å². The number of thiazole rings is 1. The number of hydrogen-bond donors (Lipinski definition) is 2. The molecule has 0 bridgehead atoms. The van der Waals surface area contributed by atoms with Gasteiger partial charge in [-0.3, -0.25) is 25.0 Å². The average molecular weight is 398 g/mol. The third-order valence-electron chi connectivity index (χ3n) is 4.20. The van der Waals surface area contributed by atoms with Gasteiger partial charge in [0.2, 0.25) is 0 Å². The normalized spacial score (nSPS) is 11.8. The molecule has 3 aromatic rings. The number of nitrogens with one attached hydrogen (secondary N) is 2. The Kier molecular flexibility index (Phi) is 5.65. The van der Waals surface area contributed by atoms with Crippen LogP contribution in [0.15, 0.2) is 42.5 Å². The Bertz CT molecular complexity index is 1050. The Morgan fingerprint density at radius 3 is 2.46 bits per heavy atom. The number of nitro groups is 1. The molecule has 0 aliphatic rings. The maximum atomic E-state index is 12.3. The lowest BCUT2D eigenvalue weighted by Crippen LogP contribution is -2.31. The summed E-state index contributed by atoms with van der Waals surface area (Å²) < 4.78 is 0.774. The predicted octanol–water partition coefficient (Wildman–Crippen LogP) is 3.99. The van der Waals surface area contributed by atoms with E-state index in [-0.39, 0.29) is 17.6 Å². The molecule has 0 unspecified atom stereocenters. The highest BCUT2D eigenvalue weighted by atomic mass is 32.1. The molecule has 8 nitrogen and oxygen atoms in total. The van der Waals surface area contributed by atoms with E-state index in [0.717, 1.165) is 11.1 Å². The number of nitrogens with zero attached hydrogens (tertiary/aromatic N) is 2. The zero-order valence-electron chi connectivity index (χ0n) is 15.3. The summed E-state index contributed by atoms with van der Waals surface area (Å²) in [6.07, 6.45) is 0.841. The number of carbonyl (C=O) groups excluding carboxylic acids is 2. The topological polar surface area (TPSA) is 114 Å². The Balaban J connectivity index is 1.75. The highest BCUT2D eigenvalue weighted by molar-refractivity contribution is 7.22. The summed E-state index contributed by atoms with van der Waals surface area (Å²) in [4.78, 5) is 39.1. The molecule has 2 amide bonds. The second-order valence-electron chi connectivity index (χ2n) is 6.24. The molecule has 1 heterocycles. The maximum Gasteiger partial charge on any atom is 0.269 e. The van der Waals surface area contributed by atoms with Crippen LogP contribution in [-0.2, 0) is 0 Å². The summed E-state index contributed by atoms with van der Waals surface area (Å²) in [6, 6.07) is 10.6. The first-order valence-electron chi connectivity index (χ1n) is 8.64. The lowest BCUT2D eigenvalue weighted by Gasteiger charge is -2.10. The van der Waals surface area contributed by atoms with E-state index in [2.05, 4.69) is 15.6 Å². The van der Waals surface area contributed by atoms with E-state index in [0.29, 0.717) is 21.8 Å². The Hall–Kier alpha value is -3.33. The fourth-order valence-corrected chi connectivity index (χ4v) is 3.33. The van der Waals surface area contributed by atoms with Crippen LogP contribution in [-0.4, -0.2) is 27.8 Å². The monoisotopic (exact) mass is 398 g/mol. The maximum absolute atomic E-state index is 12.3. The number of amides is 2. The molecule has 1 aromatic heterocycles. The number of anilines is 1. The van der Waals surface area contributed by atoms with Crippen LogP contribution >= 0.6 is 11.3 Å². The number of hydrogen-bond acceptors (Lipinski definition) is 6. The molecule has 9 heteroatoms. The molecule has 28 heavy (non-hydrogen) atoms. The molecule has 0 aliphatic carbocycles. The smallest absolute Gasteiger partial charge is 0.269 e. The Morgan fingerprint density at radius 1 is 1.14 bits per heavy atom. The lowest BCUT2D eigenvalue weighted by molar-refractivity contribution is -0.384. The third-order valence-corrected chi connectivity index (χ3v) is 5.13. The van der Waals surface area contributed by atoms with Gasteiger partial charge in [0, 0.05) is 29.3 Å². The van der Waals surface area contributed by atoms with Gasteiger partial charge in [-0.15, -0.1) is 0 Å². The zero-order chi connectivity index (χ0) is 20.3. The highest BCUT2D eigenvalue weighted by Crippen LogP contribution is 2.27. The second-order valence-corrected chi connectivity index (χ2v) is 7.27. The molecular weight excluding hydrogens is 380 g/mol. The number of nitro benzene ring substituents is 1. The van der Waals surface area contributed by atoms with Crippen LogP contribution in [0.1, 0.15) is 41.0 Å². The van der Waals surface area contributed by atoms with Crippen molar-refractivity contribution in [1.29, 1.82) is 0 Å². The van der Waals surface area contributed by atoms with Crippen molar-refractivity contribution >= 4 is 44.2 Å². The van der Waals surface area contributed by atoms with Gasteiger partial charge in [0.1, 0.15) is 0 Å². The summed E-state index contributed by atoms with van der Waals surface area (Å²) in [5.41, 5.74) is 1.41. The summed E-state index contributed by atoms with van der Waals surface area (Å²) in [5, 5.41) is 16.7. The van der Waals surface area contributed by atoms with Crippen LogP contribution in [0.4, 0.5) is 10.8 Å². The van der Waals surface area contributed by atoms with E-state index in [4.69, 9.17) is 0 Å². The first-order chi connectivity index (χ1) is 13.4. The molecule has 2 N–H and O–H groups in total. The van der Waals surface area contributed by atoms with Crippen molar-refractivity contribution in [3.63, 3.8) is 0 Å². The summed E-state index contributed by atoms with van der Waals surface area (Å²) in [7, 11) is 0. The Morgan fingerprint density at radius 2 is 1.82 bits per heavy atom. The molecule has 3 rings (SSSR count). The van der Waals surface area contributed by atoms with Crippen molar-refractivity contribution in [2.75, 3.05) is 5.32 Å². The number of non-ortho nitro benzene ring substituents is 1. The number of fused-ring (bicyclic) bond motifs is 1. The molecule has 0 aliphatic heterocycles. The molecule has 2 aromatic carbocycles. The van der Waals surface area contributed by atoms with Crippen LogP contribution < -0.4 is 10.6 Å². The number of benzene rings is 2. The van der Waals surface area contributed by atoms with E-state index in [1.54, 1.807) is 18.2 Å². The van der Waals surface area contributed by atoms with E-state index in [9.17, 15) is 19.7 Å². The molecule has 0 saturated carbocycles. The lowest BCUT2D eigenvalue weighted by atomic mass is 10.2. The zero-order valence-corrected chi connectivity index (χ0v) is 16.1. The van der Waals surface area contributed by atoms with Crippen LogP contribution in [0, 0.1) is 10.1 Å². The first-order valence-corrected chi connectivity index (χ1v) is 9.46. The standard InChI is InChI=1S/C19H18N4O4S/c1-3-11(2)20-18(25)13-6-9-15-16(10-13)28-19(21-15)22-17(24)12-4-7-14(8-5-12)23(26)27/h4-11H,3H2,1-2H3,(H,20,25)(H,21,22,24)/t11-/m0/s1. The van der Waals surface area contributed by atoms with Crippen molar-refractivity contribution < 1.29 is 14.5 Å². The fraction of sp³-hybridized carbons (Fsp3) is 0.211. The Labute approximate surface area is 164 Å². The number of carbonyl (C=O) groups is 2. The highest BCUT2D eigenvalue weighted by Gasteiger charge is 2.14. The minimum absolute atomic E-state index is 0.0836. The minimum Gasteiger partial charge on any atom is -0.350 e. The quantitative estimate of drug-likeness (QED) is 0.481. The second kappa shape index (κ2) is 8.13. The number of rotatable bonds is 6. The van der Waals surface area contributed by atoms with Crippen LogP contribution in [0.2, 0.25) is 0 Å². The molecule has 144 valence electrons. The minimum atomic E-state index is -0.524. The van der Waals surface area contributed by atoms with E-state index in [1.165, 1.54) is 35.6 Å². The van der Waals surface area contributed by atoms with Gasteiger partial charge in [0.25, 0.3) is 17.5 Å². The van der Waals surface area contributed by atoms with Gasteiger partial charge >= 0.3 is 0 Å². The molecule has 0 spiro atoms. The van der Waals surface area contributed by atoms with Crippen molar-refractivity contribution in [2.24, 2.45) is 0 Å². The number of aromatic nitrogens is 1. The van der Waals surface area contributed by atoms with Gasteiger partial charge in [-0.1, -0.05) is 18.3 Å². The van der Waals surface area contributed by atoms with E-state index >= 15 is 0 Å². The van der Waals surface area contributed by atoms with Gasteiger partial charge in [-0.25, -0.2) is 4.98 Å². The van der Waals surface area contributed by atoms with Gasteiger partial charge in [-0.2, -0.15) is 0 Å². The van der Waals surface area contributed by atoms with Crippen molar-refractivity contribution in [1.82, 2.24) is 10.3 Å². The SMILES string of the molecule is CC[C@H](C)NC(=O)c1ccc2nc(NC(=O)c3ccc([N+](=O)[O-])cc3)sc2c1. The van der Waals surface area contributed by atoms with Crippen LogP contribution in [0.5, 0.6) is 0 Å². The third kappa shape index (κ3) is 4.32. The largest absolute Gasteiger partial charge is 0.350 e. The van der Waals surface area contributed by atoms with Crippen molar-refractivity contribution in [2.45, 2.75) is 26.3 Å². The molecule has 0 radical (unpaired) electrons. The van der Waals surface area contributed by atoms with Crippen LogP contribution in [0.25, 0.3) is 10.2 Å². The molecule has 0 fully saturated rings. The van der Waals surface area contributed by atoms with E-state index in [1.807, 2.05) is 13.8 Å². The van der Waals surface area contributed by atoms with Crippen molar-refractivity contribution in [3.8, 4) is 0 Å². The van der Waals surface area contributed by atoms with Gasteiger partial charge < -0.3 is 5.32 Å². The average Bonchev–Trinajstić information content (AvgIpc) is 3.09. The first kappa shape index (κ1) is 19.4. The van der Waals surface area contributed by atoms with Gasteiger partial charge in [0.15, 0.2) is 5.13 Å². The molecular formula is C19H18N4O4S.